The predicted octanol–water partition coefficient (Wildman–Crippen LogP) is 3.78. The molecule has 0 aliphatic heterocycles. The van der Waals surface area contributed by atoms with Crippen molar-refractivity contribution >= 4 is 15.7 Å². The fourth-order valence-electron chi connectivity index (χ4n) is 2.61. The van der Waals surface area contributed by atoms with Crippen LogP contribution in [0.5, 0.6) is 0 Å². The Morgan fingerprint density at radius 2 is 1.85 bits per heavy atom. The number of nitrogens with zero attached hydrogens (tertiary/aromatic N) is 1. The van der Waals surface area contributed by atoms with Gasteiger partial charge in [0.15, 0.2) is 0 Å². The molecule has 26 heavy (non-hydrogen) atoms. The molecule has 5 nitrogen and oxygen atoms in total. The van der Waals surface area contributed by atoms with Crippen LogP contribution in [0, 0.1) is 13.8 Å². The molecular weight excluding hydrogens is 346 g/mol. The average molecular weight is 376 g/mol. The van der Waals surface area contributed by atoms with Gasteiger partial charge in [-0.25, -0.2) is 13.1 Å². The number of sulfonamides is 1. The van der Waals surface area contributed by atoms with Crippen molar-refractivity contribution in [3.8, 4) is 0 Å². The van der Waals surface area contributed by atoms with Gasteiger partial charge in [-0.2, -0.15) is 0 Å². The van der Waals surface area contributed by atoms with Crippen molar-refractivity contribution in [2.24, 2.45) is 0 Å². The van der Waals surface area contributed by atoms with Crippen molar-refractivity contribution in [2.45, 2.75) is 51.3 Å². The minimum atomic E-state index is -3.53. The molecule has 1 heterocycles. The topological polar surface area (TPSA) is 71.1 Å². The molecular formula is C20H29N3O2S. The number of aryl methyl sites for hydroxylation is 1. The summed E-state index contributed by atoms with van der Waals surface area (Å²) in [6, 6.07) is 7.67. The Labute approximate surface area is 157 Å². The first-order valence-corrected chi connectivity index (χ1v) is 10.3. The Morgan fingerprint density at radius 3 is 2.46 bits per heavy atom. The van der Waals surface area contributed by atoms with E-state index in [9.17, 15) is 8.42 Å². The monoisotopic (exact) mass is 375 g/mol. The molecule has 0 aliphatic carbocycles. The van der Waals surface area contributed by atoms with Gasteiger partial charge in [-0.1, -0.05) is 26.8 Å². The molecule has 0 saturated heterocycles. The van der Waals surface area contributed by atoms with Gasteiger partial charge in [0.25, 0.3) is 0 Å². The highest BCUT2D eigenvalue weighted by Crippen LogP contribution is 2.28. The number of anilines is 1. The zero-order chi connectivity index (χ0) is 19.4. The molecule has 0 unspecified atom stereocenters. The van der Waals surface area contributed by atoms with Crippen LogP contribution in [0.1, 0.15) is 43.9 Å². The molecule has 0 amide bonds. The van der Waals surface area contributed by atoms with Crippen molar-refractivity contribution in [1.29, 1.82) is 0 Å². The van der Waals surface area contributed by atoms with Gasteiger partial charge < -0.3 is 5.32 Å². The summed E-state index contributed by atoms with van der Waals surface area (Å²) < 4.78 is 28.3. The summed E-state index contributed by atoms with van der Waals surface area (Å²) in [6.45, 7) is 11.1. The molecule has 2 aromatic rings. The van der Waals surface area contributed by atoms with E-state index in [0.29, 0.717) is 24.4 Å². The molecule has 0 radical (unpaired) electrons. The third-order valence-electron chi connectivity index (χ3n) is 4.41. The van der Waals surface area contributed by atoms with Crippen LogP contribution < -0.4 is 10.0 Å². The average Bonchev–Trinajstić information content (AvgIpc) is 2.56. The fourth-order valence-corrected chi connectivity index (χ4v) is 4.03. The van der Waals surface area contributed by atoms with Gasteiger partial charge in [-0.3, -0.25) is 4.98 Å². The third kappa shape index (κ3) is 5.29. The molecule has 0 saturated carbocycles. The first kappa shape index (κ1) is 20.4. The van der Waals surface area contributed by atoms with Gasteiger partial charge in [0.2, 0.25) is 10.0 Å². The Hall–Kier alpha value is -1.92. The summed E-state index contributed by atoms with van der Waals surface area (Å²) in [7, 11) is -3.53. The van der Waals surface area contributed by atoms with E-state index in [1.165, 1.54) is 0 Å². The number of aromatic nitrogens is 1. The number of hydrogen-bond acceptors (Lipinski definition) is 4. The molecule has 0 spiro atoms. The summed E-state index contributed by atoms with van der Waals surface area (Å²) in [5.74, 6) is 0. The van der Waals surface area contributed by atoms with Crippen LogP contribution in [0.15, 0.2) is 41.6 Å². The lowest BCUT2D eigenvalue weighted by atomic mass is 9.85. The van der Waals surface area contributed by atoms with Gasteiger partial charge in [-0.05, 0) is 60.6 Å². The second-order valence-electron chi connectivity index (χ2n) is 7.59. The van der Waals surface area contributed by atoms with Crippen LogP contribution in [0.3, 0.4) is 0 Å². The summed E-state index contributed by atoms with van der Waals surface area (Å²) in [5, 5.41) is 3.22. The Bertz CT molecular complexity index is 841. The predicted molar refractivity (Wildman–Crippen MR) is 107 cm³/mol. The molecule has 1 aromatic carbocycles. The lowest BCUT2D eigenvalue weighted by molar-refractivity contribution is 0.573. The first-order valence-electron chi connectivity index (χ1n) is 8.86. The number of hydrogen-bond donors (Lipinski definition) is 2. The van der Waals surface area contributed by atoms with Crippen LogP contribution in [-0.2, 0) is 15.4 Å². The van der Waals surface area contributed by atoms with E-state index in [1.807, 2.05) is 26.0 Å². The highest BCUT2D eigenvalue weighted by Gasteiger charge is 2.22. The molecule has 0 fully saturated rings. The van der Waals surface area contributed by atoms with Gasteiger partial charge in [-0.15, -0.1) is 0 Å². The normalized spacial score (nSPS) is 12.2. The molecule has 0 atom stereocenters. The van der Waals surface area contributed by atoms with E-state index in [1.54, 1.807) is 18.5 Å². The first-order chi connectivity index (χ1) is 12.1. The minimum Gasteiger partial charge on any atom is -0.384 e. The van der Waals surface area contributed by atoms with Crippen LogP contribution in [-0.4, -0.2) is 26.5 Å². The van der Waals surface area contributed by atoms with Crippen LogP contribution in [0.25, 0.3) is 0 Å². The summed E-state index contributed by atoms with van der Waals surface area (Å²) >= 11 is 0. The largest absolute Gasteiger partial charge is 0.384 e. The second-order valence-corrected chi connectivity index (χ2v) is 9.32. The maximum absolute atomic E-state index is 12.8. The van der Waals surface area contributed by atoms with Crippen molar-refractivity contribution < 1.29 is 8.42 Å². The lowest BCUT2D eigenvalue weighted by Crippen LogP contribution is -2.27. The highest BCUT2D eigenvalue weighted by molar-refractivity contribution is 7.89. The van der Waals surface area contributed by atoms with E-state index in [-0.39, 0.29) is 5.41 Å². The SMILES string of the molecule is Cc1cc(C(C)(C)C)cc(S(=O)(=O)NCCCNc2cccnc2)c1C. The molecule has 142 valence electrons. The van der Waals surface area contributed by atoms with Crippen molar-refractivity contribution in [3.05, 3.63) is 53.3 Å². The van der Waals surface area contributed by atoms with Crippen molar-refractivity contribution in [3.63, 3.8) is 0 Å². The quantitative estimate of drug-likeness (QED) is 0.723. The Kier molecular flexibility index (Phi) is 6.42. The Morgan fingerprint density at radius 1 is 1.12 bits per heavy atom. The maximum atomic E-state index is 12.8. The molecule has 2 N–H and O–H groups in total. The second kappa shape index (κ2) is 8.18. The van der Waals surface area contributed by atoms with Gasteiger partial charge in [0.05, 0.1) is 10.6 Å². The standard InChI is InChI=1S/C20H29N3O2S/c1-15-12-17(20(3,4)5)13-19(16(15)2)26(24,25)23-11-7-10-22-18-8-6-9-21-14-18/h6,8-9,12-14,22-23H,7,10-11H2,1-5H3. The van der Waals surface area contributed by atoms with E-state index >= 15 is 0 Å². The van der Waals surface area contributed by atoms with Gasteiger partial charge in [0.1, 0.15) is 0 Å². The van der Waals surface area contributed by atoms with Crippen LogP contribution >= 0.6 is 0 Å². The number of nitrogens with one attached hydrogen (secondary N) is 2. The van der Waals surface area contributed by atoms with Gasteiger partial charge >= 0.3 is 0 Å². The van der Waals surface area contributed by atoms with Crippen LogP contribution in [0.2, 0.25) is 0 Å². The third-order valence-corrected chi connectivity index (χ3v) is 6.00. The minimum absolute atomic E-state index is 0.101. The van der Waals surface area contributed by atoms with E-state index < -0.39 is 10.0 Å². The smallest absolute Gasteiger partial charge is 0.240 e. The fraction of sp³-hybridized carbons (Fsp3) is 0.450. The zero-order valence-corrected chi connectivity index (χ0v) is 17.1. The van der Waals surface area contributed by atoms with Crippen molar-refractivity contribution in [2.75, 3.05) is 18.4 Å². The number of benzene rings is 1. The number of pyridine rings is 1. The molecule has 6 heteroatoms. The molecule has 0 aliphatic rings. The summed E-state index contributed by atoms with van der Waals surface area (Å²) in [6.07, 6.45) is 4.15. The Balaban J connectivity index is 2.02. The molecule has 1 aromatic heterocycles. The van der Waals surface area contributed by atoms with Crippen LogP contribution in [0.4, 0.5) is 5.69 Å². The highest BCUT2D eigenvalue weighted by atomic mass is 32.2. The van der Waals surface area contributed by atoms with E-state index in [0.717, 1.165) is 22.4 Å². The van der Waals surface area contributed by atoms with E-state index in [2.05, 4.69) is 41.9 Å². The summed E-state index contributed by atoms with van der Waals surface area (Å²) in [4.78, 5) is 4.41. The molecule has 0 bridgehead atoms. The summed E-state index contributed by atoms with van der Waals surface area (Å²) in [5.41, 5.74) is 3.66. The molecule has 2 rings (SSSR count). The van der Waals surface area contributed by atoms with E-state index in [4.69, 9.17) is 0 Å². The zero-order valence-electron chi connectivity index (χ0n) is 16.3. The maximum Gasteiger partial charge on any atom is 0.240 e. The lowest BCUT2D eigenvalue weighted by Gasteiger charge is -2.22. The number of rotatable bonds is 7. The van der Waals surface area contributed by atoms with Crippen molar-refractivity contribution in [1.82, 2.24) is 9.71 Å². The van der Waals surface area contributed by atoms with Gasteiger partial charge in [0, 0.05) is 25.5 Å².